The summed E-state index contributed by atoms with van der Waals surface area (Å²) < 4.78 is 14.6. The third kappa shape index (κ3) is 2.55. The topological polar surface area (TPSA) is 31.1 Å². The van der Waals surface area contributed by atoms with E-state index in [-0.39, 0.29) is 12.7 Å². The van der Waals surface area contributed by atoms with Gasteiger partial charge in [-0.1, -0.05) is 15.9 Å². The molecule has 1 aliphatic rings. The van der Waals surface area contributed by atoms with E-state index in [1.165, 1.54) is 0 Å². The van der Waals surface area contributed by atoms with Crippen molar-refractivity contribution in [3.05, 3.63) is 34.4 Å². The summed E-state index contributed by atoms with van der Waals surface area (Å²) in [5, 5.41) is 4.41. The van der Waals surface area contributed by atoms with E-state index in [1.807, 2.05) is 18.3 Å². The molecule has 19 heavy (non-hydrogen) atoms. The average molecular weight is 326 g/mol. The Morgan fingerprint density at radius 3 is 2.84 bits per heavy atom. The number of hydrogen-bond donors (Lipinski definition) is 2. The first-order valence-corrected chi connectivity index (χ1v) is 7.36. The van der Waals surface area contributed by atoms with Crippen molar-refractivity contribution in [1.29, 1.82) is 0 Å². The molecule has 1 aliphatic heterocycles. The Kier molecular flexibility index (Phi) is 3.86. The van der Waals surface area contributed by atoms with Gasteiger partial charge in [0, 0.05) is 47.8 Å². The molecule has 0 spiro atoms. The van der Waals surface area contributed by atoms with Crippen molar-refractivity contribution in [3.8, 4) is 0 Å². The molecule has 2 N–H and O–H groups in total. The van der Waals surface area contributed by atoms with E-state index >= 15 is 0 Å². The molecule has 102 valence electrons. The van der Waals surface area contributed by atoms with E-state index in [1.54, 1.807) is 0 Å². The van der Waals surface area contributed by atoms with Crippen LogP contribution in [-0.4, -0.2) is 42.7 Å². The molecule has 0 saturated carbocycles. The van der Waals surface area contributed by atoms with Crippen LogP contribution in [0.25, 0.3) is 10.9 Å². The predicted molar refractivity (Wildman–Crippen MR) is 79.2 cm³/mol. The maximum atomic E-state index is 13.5. The van der Waals surface area contributed by atoms with Crippen molar-refractivity contribution in [1.82, 2.24) is 15.2 Å². The number of benzene rings is 1. The second kappa shape index (κ2) is 5.61. The van der Waals surface area contributed by atoms with Crippen molar-refractivity contribution in [3.63, 3.8) is 0 Å². The van der Waals surface area contributed by atoms with Crippen LogP contribution in [0.3, 0.4) is 0 Å². The fourth-order valence-electron chi connectivity index (χ4n) is 2.76. The van der Waals surface area contributed by atoms with E-state index in [2.05, 4.69) is 37.2 Å². The highest BCUT2D eigenvalue weighted by atomic mass is 79.9. The highest BCUT2D eigenvalue weighted by molar-refractivity contribution is 9.10. The SMILES string of the molecule is FC[C@@H](c1c[nH]c2ccc(Br)cc12)N1CCNCC1. The van der Waals surface area contributed by atoms with Crippen LogP contribution in [0.4, 0.5) is 4.39 Å². The molecule has 5 heteroatoms. The zero-order valence-electron chi connectivity index (χ0n) is 10.6. The van der Waals surface area contributed by atoms with Gasteiger partial charge in [-0.3, -0.25) is 4.90 Å². The third-order valence-electron chi connectivity index (χ3n) is 3.77. The largest absolute Gasteiger partial charge is 0.361 e. The molecular formula is C14H17BrFN3. The molecule has 3 rings (SSSR count). The molecule has 2 heterocycles. The van der Waals surface area contributed by atoms with Gasteiger partial charge in [0.1, 0.15) is 6.67 Å². The molecule has 0 bridgehead atoms. The molecule has 2 aromatic rings. The number of nitrogens with one attached hydrogen (secondary N) is 2. The molecule has 0 aliphatic carbocycles. The zero-order valence-corrected chi connectivity index (χ0v) is 12.2. The van der Waals surface area contributed by atoms with Gasteiger partial charge in [0.25, 0.3) is 0 Å². The van der Waals surface area contributed by atoms with E-state index in [0.717, 1.165) is 47.1 Å². The monoisotopic (exact) mass is 325 g/mol. The lowest BCUT2D eigenvalue weighted by Gasteiger charge is -2.33. The number of rotatable bonds is 3. The van der Waals surface area contributed by atoms with Crippen LogP contribution in [0.1, 0.15) is 11.6 Å². The van der Waals surface area contributed by atoms with Crippen LogP contribution < -0.4 is 5.32 Å². The summed E-state index contributed by atoms with van der Waals surface area (Å²) in [4.78, 5) is 5.46. The number of aromatic nitrogens is 1. The maximum absolute atomic E-state index is 13.5. The van der Waals surface area contributed by atoms with Gasteiger partial charge in [-0.15, -0.1) is 0 Å². The van der Waals surface area contributed by atoms with E-state index in [4.69, 9.17) is 0 Å². The lowest BCUT2D eigenvalue weighted by molar-refractivity contribution is 0.148. The van der Waals surface area contributed by atoms with Gasteiger partial charge in [0.15, 0.2) is 0 Å². The summed E-state index contributed by atoms with van der Waals surface area (Å²) in [5.74, 6) is 0. The number of nitrogens with zero attached hydrogens (tertiary/aromatic N) is 1. The van der Waals surface area contributed by atoms with Gasteiger partial charge in [0.2, 0.25) is 0 Å². The van der Waals surface area contributed by atoms with Crippen LogP contribution in [0.15, 0.2) is 28.9 Å². The lowest BCUT2D eigenvalue weighted by atomic mass is 10.0. The molecule has 0 amide bonds. The van der Waals surface area contributed by atoms with Gasteiger partial charge in [-0.05, 0) is 23.8 Å². The first-order chi connectivity index (χ1) is 9.29. The highest BCUT2D eigenvalue weighted by Crippen LogP contribution is 2.30. The summed E-state index contributed by atoms with van der Waals surface area (Å²) in [7, 11) is 0. The first-order valence-electron chi connectivity index (χ1n) is 6.57. The maximum Gasteiger partial charge on any atom is 0.109 e. The Morgan fingerprint density at radius 1 is 1.32 bits per heavy atom. The minimum atomic E-state index is -0.348. The fourth-order valence-corrected chi connectivity index (χ4v) is 3.12. The Labute approximate surface area is 120 Å². The number of aromatic amines is 1. The molecule has 3 nitrogen and oxygen atoms in total. The molecule has 1 aromatic carbocycles. The van der Waals surface area contributed by atoms with Crippen LogP contribution in [0, 0.1) is 0 Å². The second-order valence-electron chi connectivity index (χ2n) is 4.89. The standard InChI is InChI=1S/C14H17BrFN3/c15-10-1-2-13-11(7-10)12(9-18-13)14(8-16)19-5-3-17-4-6-19/h1-2,7,9,14,17-18H,3-6,8H2/t14-/m0/s1. The normalized spacial score (nSPS) is 18.8. The Bertz CT molecular complexity index is 563. The van der Waals surface area contributed by atoms with Crippen molar-refractivity contribution in [2.24, 2.45) is 0 Å². The number of fused-ring (bicyclic) bond motifs is 1. The molecular weight excluding hydrogens is 309 g/mol. The van der Waals surface area contributed by atoms with Gasteiger partial charge >= 0.3 is 0 Å². The second-order valence-corrected chi connectivity index (χ2v) is 5.81. The Balaban J connectivity index is 1.98. The fraction of sp³-hybridized carbons (Fsp3) is 0.429. The van der Waals surface area contributed by atoms with Crippen LogP contribution in [0.5, 0.6) is 0 Å². The molecule has 0 unspecified atom stereocenters. The zero-order chi connectivity index (χ0) is 13.2. The number of hydrogen-bond acceptors (Lipinski definition) is 2. The molecule has 0 radical (unpaired) electrons. The number of halogens is 2. The molecule has 1 atom stereocenters. The molecule has 1 saturated heterocycles. The van der Waals surface area contributed by atoms with Crippen LogP contribution in [-0.2, 0) is 0 Å². The average Bonchev–Trinajstić information content (AvgIpc) is 2.84. The number of alkyl halides is 1. The molecule has 1 fully saturated rings. The highest BCUT2D eigenvalue weighted by Gasteiger charge is 2.24. The first kappa shape index (κ1) is 13.1. The van der Waals surface area contributed by atoms with Gasteiger partial charge in [-0.25, -0.2) is 4.39 Å². The van der Waals surface area contributed by atoms with E-state index < -0.39 is 0 Å². The van der Waals surface area contributed by atoms with E-state index in [9.17, 15) is 4.39 Å². The third-order valence-corrected chi connectivity index (χ3v) is 4.27. The smallest absolute Gasteiger partial charge is 0.109 e. The van der Waals surface area contributed by atoms with Crippen molar-refractivity contribution in [2.75, 3.05) is 32.9 Å². The van der Waals surface area contributed by atoms with Crippen LogP contribution >= 0.6 is 15.9 Å². The minimum absolute atomic E-state index is 0.148. The number of H-pyrrole nitrogens is 1. The van der Waals surface area contributed by atoms with Crippen molar-refractivity contribution >= 4 is 26.8 Å². The van der Waals surface area contributed by atoms with Crippen molar-refractivity contribution in [2.45, 2.75) is 6.04 Å². The number of piperazine rings is 1. The van der Waals surface area contributed by atoms with Gasteiger partial charge < -0.3 is 10.3 Å². The quantitative estimate of drug-likeness (QED) is 0.909. The molecule has 1 aromatic heterocycles. The Hall–Kier alpha value is -0.910. The summed E-state index contributed by atoms with van der Waals surface area (Å²) in [6, 6.07) is 5.94. The van der Waals surface area contributed by atoms with E-state index in [0.29, 0.717) is 0 Å². The van der Waals surface area contributed by atoms with Gasteiger partial charge in [-0.2, -0.15) is 0 Å². The summed E-state index contributed by atoms with van der Waals surface area (Å²) >= 11 is 3.49. The van der Waals surface area contributed by atoms with Crippen LogP contribution in [0.2, 0.25) is 0 Å². The lowest BCUT2D eigenvalue weighted by Crippen LogP contribution is -2.45. The van der Waals surface area contributed by atoms with Gasteiger partial charge in [0.05, 0.1) is 6.04 Å². The Morgan fingerprint density at radius 2 is 2.11 bits per heavy atom. The summed E-state index contributed by atoms with van der Waals surface area (Å²) in [6.45, 7) is 3.31. The summed E-state index contributed by atoms with van der Waals surface area (Å²) in [6.07, 6.45) is 1.95. The summed E-state index contributed by atoms with van der Waals surface area (Å²) in [5.41, 5.74) is 2.12. The minimum Gasteiger partial charge on any atom is -0.361 e. The predicted octanol–water partition coefficient (Wildman–Crippen LogP) is 2.85. The van der Waals surface area contributed by atoms with Crippen molar-refractivity contribution < 1.29 is 4.39 Å².